The summed E-state index contributed by atoms with van der Waals surface area (Å²) in [5.41, 5.74) is 2.16. The van der Waals surface area contributed by atoms with E-state index in [2.05, 4.69) is 24.1 Å². The molecule has 3 N–H and O–H groups in total. The van der Waals surface area contributed by atoms with E-state index in [4.69, 9.17) is 0 Å². The summed E-state index contributed by atoms with van der Waals surface area (Å²) in [6.45, 7) is 9.45. The van der Waals surface area contributed by atoms with Crippen molar-refractivity contribution in [2.24, 2.45) is 0 Å². The van der Waals surface area contributed by atoms with Crippen molar-refractivity contribution in [1.82, 2.24) is 14.7 Å². The number of rotatable bonds is 12. The van der Waals surface area contributed by atoms with Gasteiger partial charge in [0.05, 0.1) is 0 Å². The zero-order chi connectivity index (χ0) is 24.2. The number of hydrogen-bond donors (Lipinski definition) is 1. The number of nitrogens with one attached hydrogen (secondary N) is 1. The first-order chi connectivity index (χ1) is 15.8. The molecule has 0 radical (unpaired) electrons. The maximum atomic E-state index is 13.3. The summed E-state index contributed by atoms with van der Waals surface area (Å²) >= 11 is 0. The van der Waals surface area contributed by atoms with Crippen molar-refractivity contribution in [3.8, 4) is 0 Å². The van der Waals surface area contributed by atoms with Gasteiger partial charge in [-0.2, -0.15) is 0 Å². The van der Waals surface area contributed by atoms with E-state index in [0.29, 0.717) is 24.3 Å². The highest BCUT2D eigenvalue weighted by Gasteiger charge is 2.21. The van der Waals surface area contributed by atoms with Crippen LogP contribution in [0.3, 0.4) is 0 Å². The summed E-state index contributed by atoms with van der Waals surface area (Å²) in [4.78, 5) is 43.0. The average Bonchev–Trinajstić information content (AvgIpc) is 2.81. The van der Waals surface area contributed by atoms with Gasteiger partial charge in [0.25, 0.3) is 5.91 Å². The fraction of sp³-hybridized carbons (Fsp3) is 0.423. The minimum atomic E-state index is -0.189. The van der Waals surface area contributed by atoms with Crippen LogP contribution >= 0.6 is 0 Å². The number of benzene rings is 2. The molecule has 8 heteroatoms. The molecule has 0 aliphatic heterocycles. The van der Waals surface area contributed by atoms with E-state index in [0.717, 1.165) is 31.6 Å². The predicted octanol–water partition coefficient (Wildman–Crippen LogP) is 2.65. The van der Waals surface area contributed by atoms with Gasteiger partial charge in [-0.15, -0.1) is 0 Å². The Balaban J connectivity index is 0.00000578. The molecule has 0 aliphatic rings. The van der Waals surface area contributed by atoms with Crippen LogP contribution in [-0.4, -0.2) is 77.7 Å². The minimum absolute atomic E-state index is 0. The molecule has 0 unspecified atom stereocenters. The number of nitrogens with zero attached hydrogens (tertiary/aromatic N) is 3. The zero-order valence-corrected chi connectivity index (χ0v) is 20.7. The lowest BCUT2D eigenvalue weighted by atomic mass is 10.1. The number of anilines is 1. The van der Waals surface area contributed by atoms with Crippen LogP contribution in [0.4, 0.5) is 5.69 Å². The molecule has 8 nitrogen and oxygen atoms in total. The normalized spacial score (nSPS) is 10.4. The fourth-order valence-electron chi connectivity index (χ4n) is 3.59. The smallest absolute Gasteiger partial charge is 0.254 e. The van der Waals surface area contributed by atoms with Gasteiger partial charge in [0, 0.05) is 38.3 Å². The second-order valence-electron chi connectivity index (χ2n) is 8.10. The molecule has 0 saturated carbocycles. The molecule has 0 heterocycles. The summed E-state index contributed by atoms with van der Waals surface area (Å²) in [6, 6.07) is 16.6. The summed E-state index contributed by atoms with van der Waals surface area (Å²) in [5, 5.41) is 2.70. The Bertz CT molecular complexity index is 899. The molecule has 186 valence electrons. The molecule has 0 aliphatic carbocycles. The maximum Gasteiger partial charge on any atom is 0.254 e. The molecule has 0 bridgehead atoms. The van der Waals surface area contributed by atoms with E-state index in [-0.39, 0.29) is 29.7 Å². The molecule has 2 rings (SSSR count). The van der Waals surface area contributed by atoms with Gasteiger partial charge in [0.15, 0.2) is 0 Å². The van der Waals surface area contributed by atoms with Crippen LogP contribution in [-0.2, 0) is 16.1 Å². The van der Waals surface area contributed by atoms with Gasteiger partial charge in [-0.05, 0) is 55.9 Å². The van der Waals surface area contributed by atoms with E-state index < -0.39 is 0 Å². The fourth-order valence-corrected chi connectivity index (χ4v) is 3.59. The molecule has 0 aromatic heterocycles. The lowest BCUT2D eigenvalue weighted by Gasteiger charge is -2.27. The first-order valence-corrected chi connectivity index (χ1v) is 11.5. The minimum Gasteiger partial charge on any atom is -0.412 e. The lowest BCUT2D eigenvalue weighted by molar-refractivity contribution is -0.131. The van der Waals surface area contributed by atoms with Crippen LogP contribution in [0.2, 0.25) is 0 Å². The van der Waals surface area contributed by atoms with Gasteiger partial charge >= 0.3 is 0 Å². The van der Waals surface area contributed by atoms with Crippen molar-refractivity contribution >= 4 is 23.4 Å². The third-order valence-electron chi connectivity index (χ3n) is 5.55. The summed E-state index contributed by atoms with van der Waals surface area (Å²) in [6.07, 6.45) is 0.785. The van der Waals surface area contributed by atoms with Crippen molar-refractivity contribution in [3.05, 3.63) is 65.7 Å². The van der Waals surface area contributed by atoms with E-state index in [1.807, 2.05) is 30.3 Å². The van der Waals surface area contributed by atoms with Gasteiger partial charge in [0.1, 0.15) is 6.54 Å². The Hall–Kier alpha value is -3.23. The lowest BCUT2D eigenvalue weighted by Crippen LogP contribution is -2.42. The largest absolute Gasteiger partial charge is 0.412 e. The van der Waals surface area contributed by atoms with Gasteiger partial charge in [0.2, 0.25) is 11.8 Å². The SMILES string of the molecule is CCN(CC)CCCN(CC(=O)N(C)Cc1ccccc1)C(=O)c1ccc(NC(C)=O)cc1.O. The van der Waals surface area contributed by atoms with Gasteiger partial charge in [-0.3, -0.25) is 14.4 Å². The van der Waals surface area contributed by atoms with Crippen LogP contribution in [0.5, 0.6) is 0 Å². The van der Waals surface area contributed by atoms with Crippen LogP contribution in [0.25, 0.3) is 0 Å². The second-order valence-corrected chi connectivity index (χ2v) is 8.10. The number of likely N-dealkylation sites (N-methyl/N-ethyl adjacent to an activating group) is 1. The van der Waals surface area contributed by atoms with E-state index in [1.54, 1.807) is 41.1 Å². The summed E-state index contributed by atoms with van der Waals surface area (Å²) in [7, 11) is 1.76. The van der Waals surface area contributed by atoms with Gasteiger partial charge < -0.3 is 25.5 Å². The van der Waals surface area contributed by atoms with Crippen molar-refractivity contribution in [3.63, 3.8) is 0 Å². The van der Waals surface area contributed by atoms with E-state index in [9.17, 15) is 14.4 Å². The van der Waals surface area contributed by atoms with E-state index in [1.165, 1.54) is 6.92 Å². The van der Waals surface area contributed by atoms with E-state index >= 15 is 0 Å². The molecule has 0 saturated heterocycles. The molecule has 0 fully saturated rings. The van der Waals surface area contributed by atoms with Crippen LogP contribution in [0, 0.1) is 0 Å². The molecule has 2 aromatic rings. The van der Waals surface area contributed by atoms with Crippen molar-refractivity contribution in [2.45, 2.75) is 33.7 Å². The number of carbonyl (C=O) groups is 3. The Labute approximate surface area is 202 Å². The standard InChI is InChI=1S/C26H36N4O3.H2O/c1-5-29(6-2)17-10-18-30(20-25(32)28(4)19-22-11-8-7-9-12-22)26(33)23-13-15-24(16-14-23)27-21(3)31;/h7-9,11-16H,5-6,10,17-20H2,1-4H3,(H,27,31);1H2. The number of carbonyl (C=O) groups excluding carboxylic acids is 3. The highest BCUT2D eigenvalue weighted by atomic mass is 16.2. The van der Waals surface area contributed by atoms with Crippen molar-refractivity contribution in [2.75, 3.05) is 45.1 Å². The van der Waals surface area contributed by atoms with Gasteiger partial charge in [-0.1, -0.05) is 44.2 Å². The Morgan fingerprint density at radius 3 is 2.06 bits per heavy atom. The highest BCUT2D eigenvalue weighted by Crippen LogP contribution is 2.13. The van der Waals surface area contributed by atoms with Crippen LogP contribution in [0.15, 0.2) is 54.6 Å². The number of amides is 3. The third-order valence-corrected chi connectivity index (χ3v) is 5.55. The maximum absolute atomic E-state index is 13.3. The molecule has 34 heavy (non-hydrogen) atoms. The quantitative estimate of drug-likeness (QED) is 0.515. The van der Waals surface area contributed by atoms with Crippen LogP contribution in [0.1, 0.15) is 43.1 Å². The summed E-state index contributed by atoms with van der Waals surface area (Å²) < 4.78 is 0. The summed E-state index contributed by atoms with van der Waals surface area (Å²) in [5.74, 6) is -0.463. The average molecular weight is 471 g/mol. The third kappa shape index (κ3) is 9.33. The Kier molecular flexibility index (Phi) is 12.6. The highest BCUT2D eigenvalue weighted by molar-refractivity contribution is 5.97. The topological polar surface area (TPSA) is 104 Å². The van der Waals surface area contributed by atoms with Crippen molar-refractivity contribution in [1.29, 1.82) is 0 Å². The Morgan fingerprint density at radius 1 is 0.882 bits per heavy atom. The van der Waals surface area contributed by atoms with Crippen LogP contribution < -0.4 is 5.32 Å². The first kappa shape index (κ1) is 28.8. The first-order valence-electron chi connectivity index (χ1n) is 11.5. The molecule has 3 amide bonds. The molecule has 0 spiro atoms. The molecule has 0 atom stereocenters. The second kappa shape index (κ2) is 14.8. The van der Waals surface area contributed by atoms with Gasteiger partial charge in [-0.25, -0.2) is 0 Å². The predicted molar refractivity (Wildman–Crippen MR) is 136 cm³/mol. The zero-order valence-electron chi connectivity index (χ0n) is 20.7. The monoisotopic (exact) mass is 470 g/mol. The Morgan fingerprint density at radius 2 is 1.50 bits per heavy atom. The molecule has 2 aromatic carbocycles. The van der Waals surface area contributed by atoms with Crippen molar-refractivity contribution < 1.29 is 19.9 Å². The number of hydrogen-bond acceptors (Lipinski definition) is 4. The molecular weight excluding hydrogens is 432 g/mol. The molecular formula is C26H38N4O4.